The molecule has 1 aromatic heterocycles. The maximum atomic E-state index is 12.1. The third-order valence-electron chi connectivity index (χ3n) is 3.58. The predicted molar refractivity (Wildman–Crippen MR) is 78.5 cm³/mol. The van der Waals surface area contributed by atoms with Gasteiger partial charge in [-0.25, -0.2) is 0 Å². The molecule has 114 valence electrons. The third-order valence-corrected chi connectivity index (χ3v) is 3.58. The van der Waals surface area contributed by atoms with E-state index in [0.29, 0.717) is 11.8 Å². The summed E-state index contributed by atoms with van der Waals surface area (Å²) in [4.78, 5) is 12.1. The van der Waals surface area contributed by atoms with Gasteiger partial charge in [0.1, 0.15) is 0 Å². The monoisotopic (exact) mass is 281 g/mol. The Kier molecular flexibility index (Phi) is 5.45. The summed E-state index contributed by atoms with van der Waals surface area (Å²) >= 11 is 0. The molecule has 1 unspecified atom stereocenters. The lowest BCUT2D eigenvalue weighted by Crippen LogP contribution is -2.35. The number of hydrogen-bond donors (Lipinski definition) is 1. The van der Waals surface area contributed by atoms with E-state index in [9.17, 15) is 4.79 Å². The van der Waals surface area contributed by atoms with Crippen molar-refractivity contribution < 1.29 is 9.21 Å². The molecule has 0 aliphatic rings. The molecule has 0 saturated heterocycles. The number of rotatable bonds is 7. The minimum absolute atomic E-state index is 0.0267. The van der Waals surface area contributed by atoms with Crippen molar-refractivity contribution in [1.29, 1.82) is 0 Å². The van der Waals surface area contributed by atoms with Crippen molar-refractivity contribution in [3.8, 4) is 0 Å². The highest BCUT2D eigenvalue weighted by molar-refractivity contribution is 5.96. The molecule has 1 heterocycles. The van der Waals surface area contributed by atoms with Crippen LogP contribution in [0.5, 0.6) is 0 Å². The summed E-state index contributed by atoms with van der Waals surface area (Å²) in [7, 11) is 0. The number of Topliss-reactive ketones (excluding diaryl/α,β-unsaturated/α-hetero) is 1. The summed E-state index contributed by atoms with van der Waals surface area (Å²) < 4.78 is 5.56. The van der Waals surface area contributed by atoms with Crippen LogP contribution in [0.2, 0.25) is 0 Å². The van der Waals surface area contributed by atoms with Crippen LogP contribution in [0.4, 0.5) is 0 Å². The molecule has 5 nitrogen and oxygen atoms in total. The molecule has 0 amide bonds. The van der Waals surface area contributed by atoms with E-state index in [2.05, 4.69) is 37.9 Å². The molecule has 0 radical (unpaired) electrons. The smallest absolute Gasteiger partial charge is 0.285 e. The minimum Gasteiger partial charge on any atom is -0.418 e. The minimum atomic E-state index is -0.595. The van der Waals surface area contributed by atoms with E-state index in [4.69, 9.17) is 10.2 Å². The number of hydrogen-bond acceptors (Lipinski definition) is 5. The summed E-state index contributed by atoms with van der Waals surface area (Å²) in [6, 6.07) is -0.595. The molecule has 5 heteroatoms. The number of carbonyl (C=O) groups excluding carboxylic acids is 1. The van der Waals surface area contributed by atoms with E-state index in [-0.39, 0.29) is 23.0 Å². The Hall–Kier alpha value is -1.23. The maximum Gasteiger partial charge on any atom is 0.285 e. The van der Waals surface area contributed by atoms with Gasteiger partial charge in [0.25, 0.3) is 5.89 Å². The molecular weight excluding hydrogens is 254 g/mol. The lowest BCUT2D eigenvalue weighted by atomic mass is 9.85. The van der Waals surface area contributed by atoms with Gasteiger partial charge in [0.15, 0.2) is 0 Å². The van der Waals surface area contributed by atoms with Crippen LogP contribution in [0.3, 0.4) is 0 Å². The van der Waals surface area contributed by atoms with Gasteiger partial charge in [0.05, 0.1) is 6.04 Å². The fraction of sp³-hybridized carbons (Fsp3) is 0.800. The van der Waals surface area contributed by atoms with Crippen LogP contribution in [0.1, 0.15) is 71.0 Å². The number of ketones is 1. The zero-order valence-corrected chi connectivity index (χ0v) is 13.4. The van der Waals surface area contributed by atoms with Crippen LogP contribution in [-0.2, 0) is 5.41 Å². The van der Waals surface area contributed by atoms with Crippen molar-refractivity contribution in [2.75, 3.05) is 0 Å². The highest BCUT2D eigenvalue weighted by Crippen LogP contribution is 2.29. The van der Waals surface area contributed by atoms with Crippen LogP contribution in [0.15, 0.2) is 4.42 Å². The van der Waals surface area contributed by atoms with Crippen molar-refractivity contribution >= 4 is 5.78 Å². The largest absolute Gasteiger partial charge is 0.418 e. The predicted octanol–water partition coefficient (Wildman–Crippen LogP) is 2.95. The molecule has 1 rings (SSSR count). The topological polar surface area (TPSA) is 82.0 Å². The Balaban J connectivity index is 2.83. The second kappa shape index (κ2) is 6.48. The molecule has 0 aliphatic heterocycles. The summed E-state index contributed by atoms with van der Waals surface area (Å²) in [6.07, 6.45) is 2.01. The van der Waals surface area contributed by atoms with Gasteiger partial charge in [-0.3, -0.25) is 4.79 Å². The van der Waals surface area contributed by atoms with E-state index >= 15 is 0 Å². The van der Waals surface area contributed by atoms with Crippen molar-refractivity contribution in [1.82, 2.24) is 10.2 Å². The van der Waals surface area contributed by atoms with Crippen LogP contribution in [-0.4, -0.2) is 22.0 Å². The number of nitrogens with two attached hydrogens (primary N) is 1. The highest BCUT2D eigenvalue weighted by Gasteiger charge is 2.30. The lowest BCUT2D eigenvalue weighted by molar-refractivity contribution is 0.0901. The van der Waals surface area contributed by atoms with Crippen LogP contribution in [0.25, 0.3) is 0 Å². The van der Waals surface area contributed by atoms with Gasteiger partial charge in [-0.15, -0.1) is 10.2 Å². The molecule has 1 atom stereocenters. The Morgan fingerprint density at radius 2 is 1.85 bits per heavy atom. The Morgan fingerprint density at radius 1 is 1.25 bits per heavy atom. The lowest BCUT2D eigenvalue weighted by Gasteiger charge is -2.20. The zero-order valence-electron chi connectivity index (χ0n) is 13.4. The maximum absolute atomic E-state index is 12.1. The summed E-state index contributed by atoms with van der Waals surface area (Å²) in [5.74, 6) is 0.925. The normalized spacial score (nSPS) is 14.1. The van der Waals surface area contributed by atoms with Gasteiger partial charge < -0.3 is 10.2 Å². The summed E-state index contributed by atoms with van der Waals surface area (Å²) in [6.45, 7) is 12.3. The molecule has 0 saturated carbocycles. The van der Waals surface area contributed by atoms with Crippen molar-refractivity contribution in [3.63, 3.8) is 0 Å². The number of carbonyl (C=O) groups is 1. The molecule has 20 heavy (non-hydrogen) atoms. The Labute approximate surface area is 121 Å². The van der Waals surface area contributed by atoms with E-state index < -0.39 is 6.04 Å². The Bertz CT molecular complexity index is 450. The third kappa shape index (κ3) is 4.13. The van der Waals surface area contributed by atoms with Crippen molar-refractivity contribution in [3.05, 3.63) is 11.8 Å². The highest BCUT2D eigenvalue weighted by atomic mass is 16.4. The van der Waals surface area contributed by atoms with Crippen LogP contribution in [0, 0.1) is 11.8 Å². The fourth-order valence-electron chi connectivity index (χ4n) is 1.80. The SMILES string of the molecule is CC(C)CCC(C)(C)c1nnc(C(=O)C(N)C(C)C)o1. The van der Waals surface area contributed by atoms with E-state index in [1.165, 1.54) is 0 Å². The van der Waals surface area contributed by atoms with E-state index in [1.807, 2.05) is 13.8 Å². The average molecular weight is 281 g/mol. The van der Waals surface area contributed by atoms with Gasteiger partial charge in [-0.2, -0.15) is 0 Å². The molecular formula is C15H27N3O2. The van der Waals surface area contributed by atoms with Gasteiger partial charge >= 0.3 is 0 Å². The summed E-state index contributed by atoms with van der Waals surface area (Å²) in [5, 5.41) is 7.90. The van der Waals surface area contributed by atoms with Gasteiger partial charge in [-0.1, -0.05) is 41.5 Å². The number of nitrogens with zero attached hydrogens (tertiary/aromatic N) is 2. The first-order valence-electron chi connectivity index (χ1n) is 7.29. The van der Waals surface area contributed by atoms with Gasteiger partial charge in [0.2, 0.25) is 11.7 Å². The molecule has 0 fully saturated rings. The second-order valence-corrected chi connectivity index (χ2v) is 6.86. The Morgan fingerprint density at radius 3 is 2.35 bits per heavy atom. The van der Waals surface area contributed by atoms with E-state index in [0.717, 1.165) is 12.8 Å². The molecule has 0 bridgehead atoms. The first-order valence-corrected chi connectivity index (χ1v) is 7.29. The molecule has 0 aromatic carbocycles. The quantitative estimate of drug-likeness (QED) is 0.777. The molecule has 0 spiro atoms. The number of aromatic nitrogens is 2. The fourth-order valence-corrected chi connectivity index (χ4v) is 1.80. The van der Waals surface area contributed by atoms with Crippen molar-refractivity contribution in [2.45, 2.75) is 65.8 Å². The first-order chi connectivity index (χ1) is 9.15. The molecule has 2 N–H and O–H groups in total. The zero-order chi connectivity index (χ0) is 15.5. The standard InChI is InChI=1S/C15H27N3O2/c1-9(2)7-8-15(5,6)14-18-17-13(20-14)12(19)11(16)10(3)4/h9-11H,7-8,16H2,1-6H3. The van der Waals surface area contributed by atoms with Crippen LogP contribution >= 0.6 is 0 Å². The van der Waals surface area contributed by atoms with Gasteiger partial charge in [0, 0.05) is 5.41 Å². The average Bonchev–Trinajstić information content (AvgIpc) is 2.84. The second-order valence-electron chi connectivity index (χ2n) is 6.86. The summed E-state index contributed by atoms with van der Waals surface area (Å²) in [5.41, 5.74) is 5.61. The molecule has 1 aromatic rings. The van der Waals surface area contributed by atoms with E-state index in [1.54, 1.807) is 0 Å². The first kappa shape index (κ1) is 16.8. The van der Waals surface area contributed by atoms with Crippen LogP contribution < -0.4 is 5.73 Å². The molecule has 0 aliphatic carbocycles. The van der Waals surface area contributed by atoms with Gasteiger partial charge in [-0.05, 0) is 24.7 Å². The van der Waals surface area contributed by atoms with Crippen molar-refractivity contribution in [2.24, 2.45) is 17.6 Å².